The van der Waals surface area contributed by atoms with Crippen LogP contribution in [0.25, 0.3) is 11.1 Å². The van der Waals surface area contributed by atoms with Gasteiger partial charge in [-0.3, -0.25) is 0 Å². The molecule has 0 bridgehead atoms. The molecule has 7 heteroatoms. The lowest BCUT2D eigenvalue weighted by atomic mass is 9.94. The van der Waals surface area contributed by atoms with Crippen molar-refractivity contribution in [3.8, 4) is 11.1 Å². The van der Waals surface area contributed by atoms with Crippen LogP contribution < -0.4 is 0 Å². The van der Waals surface area contributed by atoms with Crippen LogP contribution in [-0.4, -0.2) is 32.9 Å². The Morgan fingerprint density at radius 1 is 1.11 bits per heavy atom. The largest absolute Gasteiger partial charge is 0.465 e. The first-order valence-corrected chi connectivity index (χ1v) is 10.5. The number of carbonyl (C=O) groups is 1. The van der Waals surface area contributed by atoms with E-state index in [4.69, 9.17) is 9.26 Å². The summed E-state index contributed by atoms with van der Waals surface area (Å²) in [4.78, 5) is 12.6. The number of ether oxygens (including phenoxy) is 1. The number of hydrogen-bond acceptors (Lipinski definition) is 6. The number of sulfone groups is 1. The fourth-order valence-electron chi connectivity index (χ4n) is 3.16. The highest BCUT2D eigenvalue weighted by Gasteiger charge is 2.18. The van der Waals surface area contributed by atoms with Crippen molar-refractivity contribution < 1.29 is 22.5 Å². The van der Waals surface area contributed by atoms with Crippen molar-refractivity contribution in [1.29, 1.82) is 0 Å². The Labute approximate surface area is 164 Å². The van der Waals surface area contributed by atoms with Crippen molar-refractivity contribution in [2.24, 2.45) is 0 Å². The van der Waals surface area contributed by atoms with Gasteiger partial charge in [-0.15, -0.1) is 0 Å². The molecule has 0 saturated carbocycles. The Balaban J connectivity index is 2.00. The number of esters is 1. The predicted octanol–water partition coefficient (Wildman–Crippen LogP) is 3.74. The van der Waals surface area contributed by atoms with Gasteiger partial charge < -0.3 is 9.26 Å². The van der Waals surface area contributed by atoms with Crippen molar-refractivity contribution in [1.82, 2.24) is 5.16 Å². The Morgan fingerprint density at radius 2 is 1.79 bits per heavy atom. The van der Waals surface area contributed by atoms with Crippen molar-refractivity contribution in [2.45, 2.75) is 25.2 Å². The van der Waals surface area contributed by atoms with Crippen LogP contribution in [0.4, 0.5) is 0 Å². The molecule has 0 unspecified atom stereocenters. The summed E-state index contributed by atoms with van der Waals surface area (Å²) in [6, 6.07) is 12.2. The number of rotatable bonds is 5. The SMILES string of the molecule is COC(=O)c1cc(-c2c(C)noc2C)ccc1Cc1ccc(S(C)(=O)=O)cc1. The van der Waals surface area contributed by atoms with Crippen molar-refractivity contribution in [2.75, 3.05) is 13.4 Å². The minimum Gasteiger partial charge on any atom is -0.465 e. The second-order valence-corrected chi connectivity index (χ2v) is 8.67. The number of methoxy groups -OCH3 is 1. The molecule has 0 fully saturated rings. The zero-order valence-corrected chi connectivity index (χ0v) is 17.0. The lowest BCUT2D eigenvalue weighted by Gasteiger charge is -2.11. The van der Waals surface area contributed by atoms with E-state index in [9.17, 15) is 13.2 Å². The zero-order chi connectivity index (χ0) is 20.5. The molecule has 1 heterocycles. The standard InChI is InChI=1S/C21H21NO5S/c1-13-20(14(2)27-22-13)17-8-7-16(19(12-17)21(23)26-3)11-15-5-9-18(10-6-15)28(4,24)25/h5-10,12H,11H2,1-4H3. The van der Waals surface area contributed by atoms with Gasteiger partial charge in [0.1, 0.15) is 5.76 Å². The fourth-order valence-corrected chi connectivity index (χ4v) is 3.79. The quantitative estimate of drug-likeness (QED) is 0.608. The highest BCUT2D eigenvalue weighted by Crippen LogP contribution is 2.29. The maximum absolute atomic E-state index is 12.4. The molecule has 28 heavy (non-hydrogen) atoms. The first-order chi connectivity index (χ1) is 13.2. The van der Waals surface area contributed by atoms with Gasteiger partial charge >= 0.3 is 5.97 Å². The van der Waals surface area contributed by atoms with Crippen LogP contribution in [0.5, 0.6) is 0 Å². The van der Waals surface area contributed by atoms with Crippen LogP contribution in [0.1, 0.15) is 32.9 Å². The highest BCUT2D eigenvalue weighted by molar-refractivity contribution is 7.90. The van der Waals surface area contributed by atoms with Crippen LogP contribution in [0.15, 0.2) is 51.9 Å². The highest BCUT2D eigenvalue weighted by atomic mass is 32.2. The number of benzene rings is 2. The maximum Gasteiger partial charge on any atom is 0.338 e. The van der Waals surface area contributed by atoms with E-state index in [-0.39, 0.29) is 4.90 Å². The summed E-state index contributed by atoms with van der Waals surface area (Å²) < 4.78 is 33.4. The van der Waals surface area contributed by atoms with E-state index in [1.807, 2.05) is 26.0 Å². The molecule has 0 radical (unpaired) electrons. The van der Waals surface area contributed by atoms with Crippen LogP contribution in [-0.2, 0) is 21.0 Å². The number of nitrogens with zero attached hydrogens (tertiary/aromatic N) is 1. The van der Waals surface area contributed by atoms with Crippen LogP contribution in [0.2, 0.25) is 0 Å². The number of aryl methyl sites for hydroxylation is 2. The first kappa shape index (κ1) is 19.8. The van der Waals surface area contributed by atoms with E-state index in [2.05, 4.69) is 5.16 Å². The van der Waals surface area contributed by atoms with Crippen LogP contribution >= 0.6 is 0 Å². The molecule has 0 N–H and O–H groups in total. The van der Waals surface area contributed by atoms with E-state index in [1.54, 1.807) is 30.3 Å². The van der Waals surface area contributed by atoms with Crippen molar-refractivity contribution in [3.05, 3.63) is 70.6 Å². The molecule has 0 saturated heterocycles. The lowest BCUT2D eigenvalue weighted by Crippen LogP contribution is -2.07. The average Bonchev–Trinajstić information content (AvgIpc) is 2.99. The molecule has 0 aliphatic heterocycles. The lowest BCUT2D eigenvalue weighted by molar-refractivity contribution is 0.0599. The zero-order valence-electron chi connectivity index (χ0n) is 16.1. The summed E-state index contributed by atoms with van der Waals surface area (Å²) in [5.74, 6) is 0.244. The molecule has 0 aliphatic carbocycles. The van der Waals surface area contributed by atoms with Crippen LogP contribution in [0.3, 0.4) is 0 Å². The normalized spacial score (nSPS) is 11.4. The topological polar surface area (TPSA) is 86.5 Å². The minimum absolute atomic E-state index is 0.262. The molecule has 2 aromatic carbocycles. The van der Waals surface area contributed by atoms with Gasteiger partial charge in [0.05, 0.1) is 23.3 Å². The predicted molar refractivity (Wildman–Crippen MR) is 105 cm³/mol. The van der Waals surface area contributed by atoms with Gasteiger partial charge in [-0.1, -0.05) is 29.4 Å². The third-order valence-corrected chi connectivity index (χ3v) is 5.71. The van der Waals surface area contributed by atoms with E-state index < -0.39 is 15.8 Å². The molecule has 3 aromatic rings. The minimum atomic E-state index is -3.25. The number of carbonyl (C=O) groups excluding carboxylic acids is 1. The number of aromatic nitrogens is 1. The third kappa shape index (κ3) is 3.99. The van der Waals surface area contributed by atoms with Gasteiger partial charge in [-0.25, -0.2) is 13.2 Å². The summed E-state index contributed by atoms with van der Waals surface area (Å²) in [5, 5.41) is 3.97. The van der Waals surface area contributed by atoms with E-state index in [1.165, 1.54) is 13.4 Å². The summed E-state index contributed by atoms with van der Waals surface area (Å²) in [5.41, 5.74) is 4.56. The molecule has 3 rings (SSSR count). The van der Waals surface area contributed by atoms with Gasteiger partial charge in [-0.05, 0) is 55.2 Å². The van der Waals surface area contributed by atoms with Gasteiger partial charge in [0.15, 0.2) is 9.84 Å². The van der Waals surface area contributed by atoms with Crippen molar-refractivity contribution in [3.63, 3.8) is 0 Å². The Bertz CT molecular complexity index is 1110. The van der Waals surface area contributed by atoms with Gasteiger partial charge in [-0.2, -0.15) is 0 Å². The molecular weight excluding hydrogens is 378 g/mol. The molecule has 0 aliphatic rings. The average molecular weight is 399 g/mol. The van der Waals surface area contributed by atoms with E-state index in [0.717, 1.165) is 27.9 Å². The Kier molecular flexibility index (Phi) is 5.38. The van der Waals surface area contributed by atoms with Crippen molar-refractivity contribution >= 4 is 15.8 Å². The maximum atomic E-state index is 12.4. The summed E-state index contributed by atoms with van der Waals surface area (Å²) in [6.07, 6.45) is 1.64. The van der Waals surface area contributed by atoms with Crippen LogP contribution in [0, 0.1) is 13.8 Å². The molecule has 0 atom stereocenters. The van der Waals surface area contributed by atoms with E-state index >= 15 is 0 Å². The Hall–Kier alpha value is -2.93. The molecule has 1 aromatic heterocycles. The van der Waals surface area contributed by atoms with Gasteiger partial charge in [0.2, 0.25) is 0 Å². The van der Waals surface area contributed by atoms with Gasteiger partial charge in [0.25, 0.3) is 0 Å². The van der Waals surface area contributed by atoms with E-state index in [0.29, 0.717) is 17.7 Å². The fraction of sp³-hybridized carbons (Fsp3) is 0.238. The molecule has 6 nitrogen and oxygen atoms in total. The molecule has 146 valence electrons. The third-order valence-electron chi connectivity index (χ3n) is 4.58. The second kappa shape index (κ2) is 7.59. The first-order valence-electron chi connectivity index (χ1n) is 8.64. The summed E-state index contributed by atoms with van der Waals surface area (Å²) in [7, 11) is -1.90. The smallest absolute Gasteiger partial charge is 0.338 e. The monoisotopic (exact) mass is 399 g/mol. The summed E-state index contributed by atoms with van der Waals surface area (Å²) in [6.45, 7) is 3.67. The van der Waals surface area contributed by atoms with Gasteiger partial charge in [0, 0.05) is 11.8 Å². The molecular formula is C21H21NO5S. The second-order valence-electron chi connectivity index (χ2n) is 6.66. The number of hydrogen-bond donors (Lipinski definition) is 0. The Morgan fingerprint density at radius 3 is 2.32 bits per heavy atom. The molecule has 0 amide bonds. The molecule has 0 spiro atoms. The summed E-state index contributed by atoms with van der Waals surface area (Å²) >= 11 is 0.